The van der Waals surface area contributed by atoms with Crippen LogP contribution in [0.4, 0.5) is 0 Å². The third-order valence-electron chi connectivity index (χ3n) is 4.39. The summed E-state index contributed by atoms with van der Waals surface area (Å²) in [7, 11) is 0. The highest BCUT2D eigenvalue weighted by Gasteiger charge is 2.23. The molecule has 1 aromatic carbocycles. The molecular formula is C18H23N3O3. The second-order valence-corrected chi connectivity index (χ2v) is 6.06. The van der Waals surface area contributed by atoms with Gasteiger partial charge in [-0.2, -0.15) is 0 Å². The largest absolute Gasteiger partial charge is 0.484 e. The minimum absolute atomic E-state index is 0.0378. The second kappa shape index (κ2) is 7.49. The van der Waals surface area contributed by atoms with Crippen molar-refractivity contribution in [1.29, 1.82) is 0 Å². The van der Waals surface area contributed by atoms with Crippen LogP contribution in [0.2, 0.25) is 0 Å². The van der Waals surface area contributed by atoms with Crippen LogP contribution >= 0.6 is 0 Å². The molecule has 0 atom stereocenters. The Balaban J connectivity index is 1.45. The number of hydrogen-bond acceptors (Lipinski definition) is 5. The molecule has 2 aromatic rings. The zero-order valence-electron chi connectivity index (χ0n) is 14.2. The molecule has 1 saturated heterocycles. The average Bonchev–Trinajstić information content (AvgIpc) is 2.93. The lowest BCUT2D eigenvalue weighted by molar-refractivity contribution is -0.135. The molecule has 24 heavy (non-hydrogen) atoms. The highest BCUT2D eigenvalue weighted by Crippen LogP contribution is 2.16. The molecule has 1 aliphatic heterocycles. The molecule has 6 nitrogen and oxygen atoms in total. The zero-order chi connectivity index (χ0) is 16.9. The van der Waals surface area contributed by atoms with Gasteiger partial charge in [0.25, 0.3) is 5.91 Å². The van der Waals surface area contributed by atoms with E-state index in [9.17, 15) is 4.79 Å². The zero-order valence-corrected chi connectivity index (χ0v) is 14.2. The van der Waals surface area contributed by atoms with Gasteiger partial charge in [0, 0.05) is 38.3 Å². The highest BCUT2D eigenvalue weighted by molar-refractivity contribution is 5.77. The van der Waals surface area contributed by atoms with Crippen LogP contribution in [0.15, 0.2) is 34.9 Å². The van der Waals surface area contributed by atoms with Gasteiger partial charge in [-0.3, -0.25) is 9.69 Å². The maximum absolute atomic E-state index is 12.3. The Morgan fingerprint density at radius 2 is 1.88 bits per heavy atom. The number of rotatable bonds is 5. The van der Waals surface area contributed by atoms with Gasteiger partial charge in [-0.05, 0) is 26.0 Å². The Morgan fingerprint density at radius 1 is 1.17 bits per heavy atom. The number of piperazine rings is 1. The quantitative estimate of drug-likeness (QED) is 0.840. The van der Waals surface area contributed by atoms with Crippen LogP contribution in [-0.2, 0) is 11.3 Å². The first-order valence-corrected chi connectivity index (χ1v) is 8.23. The van der Waals surface area contributed by atoms with Crippen LogP contribution in [0.3, 0.4) is 0 Å². The van der Waals surface area contributed by atoms with Gasteiger partial charge in [0.1, 0.15) is 11.5 Å². The van der Waals surface area contributed by atoms with Crippen molar-refractivity contribution >= 4 is 5.91 Å². The molecule has 1 fully saturated rings. The van der Waals surface area contributed by atoms with E-state index in [4.69, 9.17) is 9.26 Å². The molecule has 1 amide bonds. The standard InChI is InChI=1S/C18H23N3O3/c1-14-17(15(2)24-19-14)12-20-8-10-21(11-9-20)18(22)13-23-16-6-4-3-5-7-16/h3-7H,8-13H2,1-2H3. The van der Waals surface area contributed by atoms with E-state index in [0.717, 1.165) is 55.5 Å². The molecule has 0 unspecified atom stereocenters. The van der Waals surface area contributed by atoms with Gasteiger partial charge < -0.3 is 14.2 Å². The fraction of sp³-hybridized carbons (Fsp3) is 0.444. The van der Waals surface area contributed by atoms with Crippen LogP contribution < -0.4 is 4.74 Å². The van der Waals surface area contributed by atoms with E-state index >= 15 is 0 Å². The third-order valence-corrected chi connectivity index (χ3v) is 4.39. The number of carbonyl (C=O) groups excluding carboxylic acids is 1. The summed E-state index contributed by atoms with van der Waals surface area (Å²) in [4.78, 5) is 16.5. The van der Waals surface area contributed by atoms with Gasteiger partial charge in [0.15, 0.2) is 6.61 Å². The Kier molecular flexibility index (Phi) is 5.15. The van der Waals surface area contributed by atoms with Crippen molar-refractivity contribution in [1.82, 2.24) is 15.0 Å². The number of benzene rings is 1. The molecule has 128 valence electrons. The van der Waals surface area contributed by atoms with Crippen LogP contribution in [0.5, 0.6) is 5.75 Å². The van der Waals surface area contributed by atoms with E-state index in [1.807, 2.05) is 49.1 Å². The first kappa shape index (κ1) is 16.5. The number of amides is 1. The summed E-state index contributed by atoms with van der Waals surface area (Å²) < 4.78 is 10.8. The Hall–Kier alpha value is -2.34. The second-order valence-electron chi connectivity index (χ2n) is 6.06. The smallest absolute Gasteiger partial charge is 0.260 e. The van der Waals surface area contributed by atoms with Crippen molar-refractivity contribution in [3.63, 3.8) is 0 Å². The Morgan fingerprint density at radius 3 is 2.50 bits per heavy atom. The van der Waals surface area contributed by atoms with Crippen molar-refractivity contribution in [2.24, 2.45) is 0 Å². The predicted molar refractivity (Wildman–Crippen MR) is 89.8 cm³/mol. The van der Waals surface area contributed by atoms with E-state index in [2.05, 4.69) is 10.1 Å². The van der Waals surface area contributed by atoms with E-state index in [1.54, 1.807) is 0 Å². The number of nitrogens with zero attached hydrogens (tertiary/aromatic N) is 3. The van der Waals surface area contributed by atoms with Crippen molar-refractivity contribution in [3.8, 4) is 5.75 Å². The van der Waals surface area contributed by atoms with Crippen LogP contribution in [0, 0.1) is 13.8 Å². The van der Waals surface area contributed by atoms with Crippen molar-refractivity contribution < 1.29 is 14.1 Å². The van der Waals surface area contributed by atoms with Gasteiger partial charge in [-0.15, -0.1) is 0 Å². The highest BCUT2D eigenvalue weighted by atomic mass is 16.5. The third kappa shape index (κ3) is 3.94. The average molecular weight is 329 g/mol. The number of para-hydroxylation sites is 1. The fourth-order valence-electron chi connectivity index (χ4n) is 2.86. The fourth-order valence-corrected chi connectivity index (χ4v) is 2.86. The van der Waals surface area contributed by atoms with Crippen molar-refractivity contribution in [2.45, 2.75) is 20.4 Å². The SMILES string of the molecule is Cc1noc(C)c1CN1CCN(C(=O)COc2ccccc2)CC1. The van der Waals surface area contributed by atoms with Crippen LogP contribution in [0.25, 0.3) is 0 Å². The monoisotopic (exact) mass is 329 g/mol. The number of aryl methyl sites for hydroxylation is 2. The number of hydrogen-bond donors (Lipinski definition) is 0. The van der Waals surface area contributed by atoms with E-state index in [-0.39, 0.29) is 12.5 Å². The molecular weight excluding hydrogens is 306 g/mol. The van der Waals surface area contributed by atoms with E-state index in [1.165, 1.54) is 0 Å². The lowest BCUT2D eigenvalue weighted by Crippen LogP contribution is -2.49. The maximum Gasteiger partial charge on any atom is 0.260 e. The summed E-state index contributed by atoms with van der Waals surface area (Å²) in [5, 5.41) is 4.00. The van der Waals surface area contributed by atoms with Gasteiger partial charge >= 0.3 is 0 Å². The molecule has 3 rings (SSSR count). The summed E-state index contributed by atoms with van der Waals surface area (Å²) >= 11 is 0. The molecule has 6 heteroatoms. The van der Waals surface area contributed by atoms with Crippen LogP contribution in [0.1, 0.15) is 17.0 Å². The molecule has 0 N–H and O–H groups in total. The van der Waals surface area contributed by atoms with Gasteiger partial charge in [0.2, 0.25) is 0 Å². The maximum atomic E-state index is 12.3. The molecule has 0 radical (unpaired) electrons. The van der Waals surface area contributed by atoms with Crippen LogP contribution in [-0.4, -0.2) is 53.6 Å². The normalized spacial score (nSPS) is 15.5. The predicted octanol–water partition coefficient (Wildman–Crippen LogP) is 2.01. The molecule has 0 bridgehead atoms. The Bertz CT molecular complexity index is 657. The van der Waals surface area contributed by atoms with Gasteiger partial charge in [-0.25, -0.2) is 0 Å². The minimum Gasteiger partial charge on any atom is -0.484 e. The first-order chi connectivity index (χ1) is 11.6. The summed E-state index contributed by atoms with van der Waals surface area (Å²) in [6.07, 6.45) is 0. The minimum atomic E-state index is 0.0378. The summed E-state index contributed by atoms with van der Waals surface area (Å²) in [6.45, 7) is 7.96. The topological polar surface area (TPSA) is 58.8 Å². The summed E-state index contributed by atoms with van der Waals surface area (Å²) in [5.74, 6) is 1.64. The van der Waals surface area contributed by atoms with E-state index in [0.29, 0.717) is 0 Å². The molecule has 0 spiro atoms. The van der Waals surface area contributed by atoms with Gasteiger partial charge in [-0.1, -0.05) is 23.4 Å². The van der Waals surface area contributed by atoms with E-state index < -0.39 is 0 Å². The molecule has 1 aliphatic rings. The first-order valence-electron chi connectivity index (χ1n) is 8.23. The van der Waals surface area contributed by atoms with Gasteiger partial charge in [0.05, 0.1) is 5.69 Å². The molecule has 1 aromatic heterocycles. The number of ether oxygens (including phenoxy) is 1. The Labute approximate surface area is 142 Å². The molecule has 2 heterocycles. The molecule has 0 saturated carbocycles. The lowest BCUT2D eigenvalue weighted by Gasteiger charge is -2.34. The number of aromatic nitrogens is 1. The summed E-state index contributed by atoms with van der Waals surface area (Å²) in [5.41, 5.74) is 2.10. The van der Waals surface area contributed by atoms with Crippen molar-refractivity contribution in [3.05, 3.63) is 47.3 Å². The van der Waals surface area contributed by atoms with Crippen molar-refractivity contribution in [2.75, 3.05) is 32.8 Å². The number of carbonyl (C=O) groups is 1. The summed E-state index contributed by atoms with van der Waals surface area (Å²) in [6, 6.07) is 9.43. The molecule has 0 aliphatic carbocycles. The lowest BCUT2D eigenvalue weighted by atomic mass is 10.2.